The average Bonchev–Trinajstić information content (AvgIpc) is 3.17. The molecule has 2 heterocycles. The van der Waals surface area contributed by atoms with Gasteiger partial charge in [-0.3, -0.25) is 4.79 Å². The summed E-state index contributed by atoms with van der Waals surface area (Å²) in [4.78, 5) is 17.3. The number of carbonyl (C=O) groups is 1. The lowest BCUT2D eigenvalue weighted by Crippen LogP contribution is -2.23. The summed E-state index contributed by atoms with van der Waals surface area (Å²) in [6.45, 7) is 0.348. The monoisotopic (exact) mass is 391 g/mol. The zero-order valence-electron chi connectivity index (χ0n) is 15.2. The second-order valence-electron chi connectivity index (χ2n) is 6.22. The molecule has 0 spiro atoms. The molecule has 0 fully saturated rings. The number of amides is 1. The first kappa shape index (κ1) is 18.0. The van der Waals surface area contributed by atoms with Gasteiger partial charge in [0.25, 0.3) is 5.91 Å². The first-order valence-electron chi connectivity index (χ1n) is 8.81. The third kappa shape index (κ3) is 3.54. The van der Waals surface area contributed by atoms with Crippen molar-refractivity contribution in [3.8, 4) is 11.4 Å². The Morgan fingerprint density at radius 3 is 2.57 bits per heavy atom. The molecule has 0 atom stereocenters. The number of aromatic nitrogens is 3. The SMILES string of the molecule is CNc1cc(C(=O)NCc2ccccc2Cl)cc2nc(-c3ccccc3)nn12. The second-order valence-corrected chi connectivity index (χ2v) is 6.63. The molecule has 0 aliphatic rings. The highest BCUT2D eigenvalue weighted by atomic mass is 35.5. The van der Waals surface area contributed by atoms with Gasteiger partial charge in [0.15, 0.2) is 11.5 Å². The van der Waals surface area contributed by atoms with Crippen LogP contribution in [0.3, 0.4) is 0 Å². The molecular weight excluding hydrogens is 374 g/mol. The molecule has 4 aromatic rings. The molecule has 0 bridgehead atoms. The molecule has 2 aromatic heterocycles. The fraction of sp³-hybridized carbons (Fsp3) is 0.0952. The van der Waals surface area contributed by atoms with Gasteiger partial charge in [-0.1, -0.05) is 60.1 Å². The average molecular weight is 392 g/mol. The van der Waals surface area contributed by atoms with Crippen molar-refractivity contribution in [2.24, 2.45) is 0 Å². The van der Waals surface area contributed by atoms with Crippen LogP contribution in [-0.2, 0) is 6.54 Å². The lowest BCUT2D eigenvalue weighted by atomic mass is 10.2. The number of hydrogen-bond donors (Lipinski definition) is 2. The minimum Gasteiger partial charge on any atom is -0.373 e. The fourth-order valence-electron chi connectivity index (χ4n) is 2.92. The lowest BCUT2D eigenvalue weighted by molar-refractivity contribution is 0.0951. The Labute approximate surface area is 167 Å². The highest BCUT2D eigenvalue weighted by Crippen LogP contribution is 2.20. The summed E-state index contributed by atoms with van der Waals surface area (Å²) in [6, 6.07) is 20.6. The molecule has 0 radical (unpaired) electrons. The molecule has 0 saturated heterocycles. The number of nitrogens with zero attached hydrogens (tertiary/aromatic N) is 3. The van der Waals surface area contributed by atoms with Gasteiger partial charge in [-0.15, -0.1) is 5.10 Å². The van der Waals surface area contributed by atoms with E-state index < -0.39 is 0 Å². The number of fused-ring (bicyclic) bond motifs is 1. The highest BCUT2D eigenvalue weighted by molar-refractivity contribution is 6.31. The van der Waals surface area contributed by atoms with Crippen LogP contribution in [0.15, 0.2) is 66.7 Å². The highest BCUT2D eigenvalue weighted by Gasteiger charge is 2.14. The molecule has 0 saturated carbocycles. The Bertz CT molecular complexity index is 1140. The number of carbonyl (C=O) groups excluding carboxylic acids is 1. The van der Waals surface area contributed by atoms with Crippen LogP contribution in [0.25, 0.3) is 17.0 Å². The summed E-state index contributed by atoms with van der Waals surface area (Å²) in [6.07, 6.45) is 0. The van der Waals surface area contributed by atoms with E-state index in [-0.39, 0.29) is 5.91 Å². The molecule has 0 aliphatic heterocycles. The normalized spacial score (nSPS) is 10.8. The molecule has 0 unspecified atom stereocenters. The standard InChI is InChI=1S/C21H18ClN5O/c1-23-18-11-16(21(28)24-13-15-9-5-6-10-17(15)22)12-19-25-20(26-27(18)19)14-7-3-2-4-8-14/h2-12,23H,13H2,1H3,(H,24,28). The Kier molecular flexibility index (Phi) is 4.95. The lowest BCUT2D eigenvalue weighted by Gasteiger charge is -2.09. The number of rotatable bonds is 5. The van der Waals surface area contributed by atoms with E-state index in [1.165, 1.54) is 0 Å². The number of nitrogens with one attached hydrogen (secondary N) is 2. The van der Waals surface area contributed by atoms with E-state index in [9.17, 15) is 4.79 Å². The van der Waals surface area contributed by atoms with Gasteiger partial charge in [0.1, 0.15) is 5.82 Å². The van der Waals surface area contributed by atoms with Gasteiger partial charge in [-0.05, 0) is 23.8 Å². The van der Waals surface area contributed by atoms with Crippen molar-refractivity contribution in [2.45, 2.75) is 6.54 Å². The molecule has 2 N–H and O–H groups in total. The van der Waals surface area contributed by atoms with Crippen molar-refractivity contribution in [1.29, 1.82) is 0 Å². The van der Waals surface area contributed by atoms with E-state index in [4.69, 9.17) is 11.6 Å². The molecule has 7 heteroatoms. The molecule has 140 valence electrons. The van der Waals surface area contributed by atoms with Crippen molar-refractivity contribution in [3.05, 3.63) is 82.9 Å². The van der Waals surface area contributed by atoms with Crippen molar-refractivity contribution < 1.29 is 4.79 Å². The minimum atomic E-state index is -0.205. The maximum absolute atomic E-state index is 12.7. The molecule has 1 amide bonds. The van der Waals surface area contributed by atoms with Gasteiger partial charge < -0.3 is 10.6 Å². The maximum atomic E-state index is 12.7. The first-order chi connectivity index (χ1) is 13.7. The predicted molar refractivity (Wildman–Crippen MR) is 111 cm³/mol. The third-order valence-electron chi connectivity index (χ3n) is 4.38. The second kappa shape index (κ2) is 7.70. The predicted octanol–water partition coefficient (Wildman–Crippen LogP) is 4.02. The summed E-state index contributed by atoms with van der Waals surface area (Å²) >= 11 is 6.16. The largest absolute Gasteiger partial charge is 0.373 e. The van der Waals surface area contributed by atoms with E-state index in [2.05, 4.69) is 20.7 Å². The van der Waals surface area contributed by atoms with E-state index in [0.29, 0.717) is 34.4 Å². The number of benzene rings is 2. The molecular formula is C21H18ClN5O. The molecule has 28 heavy (non-hydrogen) atoms. The fourth-order valence-corrected chi connectivity index (χ4v) is 3.12. The minimum absolute atomic E-state index is 0.205. The van der Waals surface area contributed by atoms with Gasteiger partial charge in [0.2, 0.25) is 0 Å². The number of anilines is 1. The van der Waals surface area contributed by atoms with Crippen LogP contribution in [0.5, 0.6) is 0 Å². The number of pyridine rings is 1. The van der Waals surface area contributed by atoms with Crippen LogP contribution in [0, 0.1) is 0 Å². The Morgan fingerprint density at radius 1 is 1.07 bits per heavy atom. The van der Waals surface area contributed by atoms with Crippen molar-refractivity contribution >= 4 is 29.0 Å². The van der Waals surface area contributed by atoms with E-state index in [1.54, 1.807) is 29.8 Å². The van der Waals surface area contributed by atoms with Gasteiger partial charge >= 0.3 is 0 Å². The summed E-state index contributed by atoms with van der Waals surface area (Å²) in [5.41, 5.74) is 2.86. The van der Waals surface area contributed by atoms with Gasteiger partial charge in [0.05, 0.1) is 0 Å². The van der Waals surface area contributed by atoms with Crippen molar-refractivity contribution in [2.75, 3.05) is 12.4 Å². The van der Waals surface area contributed by atoms with Gasteiger partial charge in [0, 0.05) is 29.7 Å². The molecule has 6 nitrogen and oxygen atoms in total. The zero-order chi connectivity index (χ0) is 19.5. The van der Waals surface area contributed by atoms with E-state index >= 15 is 0 Å². The summed E-state index contributed by atoms with van der Waals surface area (Å²) in [5.74, 6) is 1.07. The van der Waals surface area contributed by atoms with Crippen molar-refractivity contribution in [3.63, 3.8) is 0 Å². The van der Waals surface area contributed by atoms with E-state index in [0.717, 1.165) is 11.1 Å². The Hall–Kier alpha value is -3.38. The van der Waals surface area contributed by atoms with Crippen molar-refractivity contribution in [1.82, 2.24) is 19.9 Å². The van der Waals surface area contributed by atoms with Gasteiger partial charge in [-0.2, -0.15) is 4.52 Å². The smallest absolute Gasteiger partial charge is 0.251 e. The molecule has 0 aliphatic carbocycles. The Balaban J connectivity index is 1.64. The van der Waals surface area contributed by atoms with Crippen LogP contribution >= 0.6 is 11.6 Å². The summed E-state index contributed by atoms with van der Waals surface area (Å²) in [7, 11) is 1.78. The quantitative estimate of drug-likeness (QED) is 0.539. The molecule has 2 aromatic carbocycles. The van der Waals surface area contributed by atoms with Gasteiger partial charge in [-0.25, -0.2) is 4.98 Å². The molecule has 4 rings (SSSR count). The maximum Gasteiger partial charge on any atom is 0.251 e. The van der Waals surface area contributed by atoms with Crippen LogP contribution in [0.4, 0.5) is 5.82 Å². The summed E-state index contributed by atoms with van der Waals surface area (Å²) in [5, 5.41) is 11.2. The van der Waals surface area contributed by atoms with Crippen LogP contribution in [-0.4, -0.2) is 27.6 Å². The topological polar surface area (TPSA) is 71.3 Å². The third-order valence-corrected chi connectivity index (χ3v) is 4.75. The van der Waals surface area contributed by atoms with Crippen LogP contribution in [0.1, 0.15) is 15.9 Å². The van der Waals surface area contributed by atoms with E-state index in [1.807, 2.05) is 48.5 Å². The van der Waals surface area contributed by atoms with Crippen LogP contribution in [0.2, 0.25) is 5.02 Å². The van der Waals surface area contributed by atoms with Crippen LogP contribution < -0.4 is 10.6 Å². The number of halogens is 1. The summed E-state index contributed by atoms with van der Waals surface area (Å²) < 4.78 is 1.69. The number of hydrogen-bond acceptors (Lipinski definition) is 4. The zero-order valence-corrected chi connectivity index (χ0v) is 15.9. The first-order valence-corrected chi connectivity index (χ1v) is 9.19. The Morgan fingerprint density at radius 2 is 1.82 bits per heavy atom.